The first kappa shape index (κ1) is 17.1. The maximum absolute atomic E-state index is 11.8. The van der Waals surface area contributed by atoms with Gasteiger partial charge in [-0.3, -0.25) is 4.79 Å². The van der Waals surface area contributed by atoms with Crippen molar-refractivity contribution < 1.29 is 14.6 Å². The molecule has 1 heterocycles. The van der Waals surface area contributed by atoms with E-state index < -0.39 is 0 Å². The van der Waals surface area contributed by atoms with Gasteiger partial charge in [0.2, 0.25) is 0 Å². The predicted octanol–water partition coefficient (Wildman–Crippen LogP) is 2.55. The molecule has 7 heteroatoms. The highest BCUT2D eigenvalue weighted by molar-refractivity contribution is 6.32. The molecule has 0 atom stereocenters. The first-order chi connectivity index (χ1) is 11.2. The van der Waals surface area contributed by atoms with Crippen molar-refractivity contribution in [2.24, 2.45) is 0 Å². The van der Waals surface area contributed by atoms with Gasteiger partial charge >= 0.3 is 0 Å². The van der Waals surface area contributed by atoms with Crippen molar-refractivity contribution in [3.63, 3.8) is 0 Å². The number of carbonyl (C=O) groups excluding carboxylic acids is 1. The third-order valence-corrected chi connectivity index (χ3v) is 3.20. The zero-order valence-corrected chi connectivity index (χ0v) is 13.2. The number of benzene rings is 1. The lowest BCUT2D eigenvalue weighted by molar-refractivity contribution is -0.118. The SMILES string of the molecule is O=C(COc1ccccc1Cl)Nc1ccc(NCCCO)nc1. The van der Waals surface area contributed by atoms with Gasteiger partial charge in [-0.2, -0.15) is 0 Å². The van der Waals surface area contributed by atoms with Crippen molar-refractivity contribution in [2.45, 2.75) is 6.42 Å². The number of halogens is 1. The molecular formula is C16H18ClN3O3. The standard InChI is InChI=1S/C16H18ClN3O3/c17-13-4-1-2-5-14(13)23-11-16(22)20-12-6-7-15(19-10-12)18-8-3-9-21/h1-2,4-7,10,21H,3,8-9,11H2,(H,18,19)(H,20,22). The third-order valence-electron chi connectivity index (χ3n) is 2.88. The van der Waals surface area contributed by atoms with Crippen molar-refractivity contribution in [3.8, 4) is 5.75 Å². The molecule has 1 amide bonds. The first-order valence-corrected chi connectivity index (χ1v) is 7.55. The molecule has 2 rings (SSSR count). The lowest BCUT2D eigenvalue weighted by Crippen LogP contribution is -2.20. The largest absolute Gasteiger partial charge is 0.482 e. The Kier molecular flexibility index (Phi) is 6.65. The molecule has 6 nitrogen and oxygen atoms in total. The second kappa shape index (κ2) is 8.97. The van der Waals surface area contributed by atoms with Crippen LogP contribution in [0.1, 0.15) is 6.42 Å². The fraction of sp³-hybridized carbons (Fsp3) is 0.250. The van der Waals surface area contributed by atoms with Crippen LogP contribution in [0.4, 0.5) is 11.5 Å². The molecule has 0 unspecified atom stereocenters. The predicted molar refractivity (Wildman–Crippen MR) is 90.0 cm³/mol. The van der Waals surface area contributed by atoms with Gasteiger partial charge in [0.05, 0.1) is 16.9 Å². The molecule has 0 saturated carbocycles. The number of para-hydroxylation sites is 1. The molecule has 3 N–H and O–H groups in total. The van der Waals surface area contributed by atoms with Crippen LogP contribution in [0.15, 0.2) is 42.6 Å². The number of ether oxygens (including phenoxy) is 1. The maximum atomic E-state index is 11.8. The lowest BCUT2D eigenvalue weighted by Gasteiger charge is -2.09. The van der Waals surface area contributed by atoms with E-state index in [1.807, 2.05) is 0 Å². The molecule has 2 aromatic rings. The average Bonchev–Trinajstić information content (AvgIpc) is 2.56. The zero-order valence-electron chi connectivity index (χ0n) is 12.5. The van der Waals surface area contributed by atoms with E-state index in [1.54, 1.807) is 42.6 Å². The Morgan fingerprint density at radius 1 is 1.26 bits per heavy atom. The highest BCUT2D eigenvalue weighted by atomic mass is 35.5. The Morgan fingerprint density at radius 2 is 2.09 bits per heavy atom. The fourth-order valence-electron chi connectivity index (χ4n) is 1.77. The summed E-state index contributed by atoms with van der Waals surface area (Å²) < 4.78 is 5.36. The third kappa shape index (κ3) is 5.77. The monoisotopic (exact) mass is 335 g/mol. The molecule has 0 bridgehead atoms. The van der Waals surface area contributed by atoms with Crippen molar-refractivity contribution >= 4 is 29.0 Å². The van der Waals surface area contributed by atoms with E-state index in [-0.39, 0.29) is 19.1 Å². The van der Waals surface area contributed by atoms with Gasteiger partial charge in [-0.05, 0) is 30.7 Å². The average molecular weight is 336 g/mol. The number of hydrogen-bond acceptors (Lipinski definition) is 5. The molecule has 23 heavy (non-hydrogen) atoms. The molecule has 0 aliphatic rings. The number of amides is 1. The highest BCUT2D eigenvalue weighted by Crippen LogP contribution is 2.22. The zero-order chi connectivity index (χ0) is 16.5. The minimum absolute atomic E-state index is 0.132. The number of aliphatic hydroxyl groups is 1. The Hall–Kier alpha value is -2.31. The van der Waals surface area contributed by atoms with E-state index in [0.29, 0.717) is 35.2 Å². The van der Waals surface area contributed by atoms with Crippen LogP contribution in [0.25, 0.3) is 0 Å². The van der Waals surface area contributed by atoms with Crippen LogP contribution >= 0.6 is 11.6 Å². The normalized spacial score (nSPS) is 10.2. The fourth-order valence-corrected chi connectivity index (χ4v) is 1.96. The van der Waals surface area contributed by atoms with Gasteiger partial charge < -0.3 is 20.5 Å². The molecular weight excluding hydrogens is 318 g/mol. The molecule has 0 radical (unpaired) electrons. The number of nitrogens with one attached hydrogen (secondary N) is 2. The number of aromatic nitrogens is 1. The number of aliphatic hydroxyl groups excluding tert-OH is 1. The van der Waals surface area contributed by atoms with E-state index in [1.165, 1.54) is 0 Å². The van der Waals surface area contributed by atoms with E-state index >= 15 is 0 Å². The summed E-state index contributed by atoms with van der Waals surface area (Å²) in [5.41, 5.74) is 0.575. The molecule has 0 aliphatic heterocycles. The lowest BCUT2D eigenvalue weighted by atomic mass is 10.3. The number of nitrogens with zero attached hydrogens (tertiary/aromatic N) is 1. The Morgan fingerprint density at radius 3 is 2.78 bits per heavy atom. The summed E-state index contributed by atoms with van der Waals surface area (Å²) in [6.07, 6.45) is 2.20. The summed E-state index contributed by atoms with van der Waals surface area (Å²) in [6, 6.07) is 10.5. The smallest absolute Gasteiger partial charge is 0.262 e. The van der Waals surface area contributed by atoms with Crippen molar-refractivity contribution in [1.82, 2.24) is 4.98 Å². The molecule has 0 aliphatic carbocycles. The molecule has 0 spiro atoms. The van der Waals surface area contributed by atoms with Crippen molar-refractivity contribution in [1.29, 1.82) is 0 Å². The van der Waals surface area contributed by atoms with Crippen LogP contribution in [0, 0.1) is 0 Å². The number of anilines is 2. The molecule has 122 valence electrons. The molecule has 0 saturated heterocycles. The first-order valence-electron chi connectivity index (χ1n) is 7.17. The topological polar surface area (TPSA) is 83.5 Å². The molecule has 0 fully saturated rings. The van der Waals surface area contributed by atoms with E-state index in [4.69, 9.17) is 21.4 Å². The van der Waals surface area contributed by atoms with Gasteiger partial charge in [0.25, 0.3) is 5.91 Å². The minimum atomic E-state index is -0.298. The second-order valence-electron chi connectivity index (χ2n) is 4.70. The van der Waals surface area contributed by atoms with Crippen molar-refractivity contribution in [3.05, 3.63) is 47.6 Å². The van der Waals surface area contributed by atoms with Crippen LogP contribution in [-0.4, -0.2) is 35.8 Å². The van der Waals surface area contributed by atoms with Crippen LogP contribution < -0.4 is 15.4 Å². The van der Waals surface area contributed by atoms with E-state index in [2.05, 4.69) is 15.6 Å². The van der Waals surface area contributed by atoms with Gasteiger partial charge in [-0.25, -0.2) is 4.98 Å². The summed E-state index contributed by atoms with van der Waals surface area (Å²) in [5.74, 6) is 0.849. The summed E-state index contributed by atoms with van der Waals surface area (Å²) in [6.45, 7) is 0.633. The van der Waals surface area contributed by atoms with Crippen molar-refractivity contribution in [2.75, 3.05) is 30.4 Å². The maximum Gasteiger partial charge on any atom is 0.262 e. The number of hydrogen-bond donors (Lipinski definition) is 3. The molecule has 1 aromatic heterocycles. The Balaban J connectivity index is 1.80. The second-order valence-corrected chi connectivity index (χ2v) is 5.11. The van der Waals surface area contributed by atoms with Crippen LogP contribution in [0.3, 0.4) is 0 Å². The van der Waals surface area contributed by atoms with E-state index in [0.717, 1.165) is 0 Å². The Labute approximate surface area is 139 Å². The number of carbonyl (C=O) groups is 1. The Bertz CT molecular complexity index is 635. The van der Waals surface area contributed by atoms with Crippen LogP contribution in [-0.2, 0) is 4.79 Å². The minimum Gasteiger partial charge on any atom is -0.482 e. The van der Waals surface area contributed by atoms with Gasteiger partial charge in [0.15, 0.2) is 6.61 Å². The van der Waals surface area contributed by atoms with Crippen LogP contribution in [0.2, 0.25) is 5.02 Å². The summed E-state index contributed by atoms with van der Waals surface area (Å²) in [7, 11) is 0. The van der Waals surface area contributed by atoms with Crippen LogP contribution in [0.5, 0.6) is 5.75 Å². The summed E-state index contributed by atoms with van der Waals surface area (Å²) in [4.78, 5) is 16.0. The van der Waals surface area contributed by atoms with Gasteiger partial charge in [0.1, 0.15) is 11.6 Å². The number of rotatable bonds is 8. The van der Waals surface area contributed by atoms with Gasteiger partial charge in [-0.15, -0.1) is 0 Å². The van der Waals surface area contributed by atoms with Gasteiger partial charge in [0, 0.05) is 13.2 Å². The highest BCUT2D eigenvalue weighted by Gasteiger charge is 2.06. The number of pyridine rings is 1. The molecule has 1 aromatic carbocycles. The van der Waals surface area contributed by atoms with E-state index in [9.17, 15) is 4.79 Å². The summed E-state index contributed by atoms with van der Waals surface area (Å²) in [5, 5.41) is 14.9. The summed E-state index contributed by atoms with van der Waals surface area (Å²) >= 11 is 5.95. The quantitative estimate of drug-likeness (QED) is 0.646. The van der Waals surface area contributed by atoms with Gasteiger partial charge in [-0.1, -0.05) is 23.7 Å².